The molecule has 3 heterocycles. The molecule has 1 aliphatic rings. The van der Waals surface area contributed by atoms with E-state index in [2.05, 4.69) is 31.7 Å². The second-order valence-electron chi connectivity index (χ2n) is 7.24. The molecule has 7 nitrogen and oxygen atoms in total. The van der Waals surface area contributed by atoms with Gasteiger partial charge in [-0.15, -0.1) is 0 Å². The summed E-state index contributed by atoms with van der Waals surface area (Å²) in [5.41, 5.74) is 2.10. The van der Waals surface area contributed by atoms with Gasteiger partial charge in [0.15, 0.2) is 0 Å². The molecule has 2 amide bonds. The van der Waals surface area contributed by atoms with Crippen LogP contribution in [0.5, 0.6) is 0 Å². The molecule has 0 radical (unpaired) electrons. The molecule has 2 aromatic heterocycles. The molecular weight excluding hydrogens is 328 g/mol. The first kappa shape index (κ1) is 18.4. The zero-order chi connectivity index (χ0) is 18.5. The number of hydrogen-bond donors (Lipinski definition) is 2. The Bertz CT molecular complexity index is 727. The van der Waals surface area contributed by atoms with Crippen LogP contribution in [0, 0.1) is 6.92 Å². The maximum absolute atomic E-state index is 12.4. The summed E-state index contributed by atoms with van der Waals surface area (Å²) in [6.07, 6.45) is 5.77. The molecule has 1 saturated heterocycles. The van der Waals surface area contributed by atoms with Crippen LogP contribution in [0.25, 0.3) is 0 Å². The van der Waals surface area contributed by atoms with Gasteiger partial charge in [0, 0.05) is 43.6 Å². The monoisotopic (exact) mass is 356 g/mol. The molecule has 1 aliphatic heterocycles. The number of anilines is 1. The number of carbonyl (C=O) groups excluding carboxylic acids is 1. The molecule has 7 heteroatoms. The first-order valence-electron chi connectivity index (χ1n) is 9.26. The van der Waals surface area contributed by atoms with Gasteiger partial charge in [-0.3, -0.25) is 15.2 Å². The van der Waals surface area contributed by atoms with Crippen molar-refractivity contribution < 1.29 is 4.79 Å². The molecule has 1 fully saturated rings. The Morgan fingerprint density at radius 3 is 3.00 bits per heavy atom. The summed E-state index contributed by atoms with van der Waals surface area (Å²) in [5, 5.41) is 10.5. The summed E-state index contributed by atoms with van der Waals surface area (Å²) < 4.78 is 1.84. The zero-order valence-electron chi connectivity index (χ0n) is 15.8. The molecule has 26 heavy (non-hydrogen) atoms. The molecular formula is C19H28N6O. The Hall–Kier alpha value is -2.41. The number of carbonyl (C=O) groups is 1. The molecule has 0 aromatic carbocycles. The van der Waals surface area contributed by atoms with E-state index in [0.717, 1.165) is 44.0 Å². The van der Waals surface area contributed by atoms with E-state index >= 15 is 0 Å². The SMILES string of the molecule is Cc1cc(NC(=O)N[C@@H]2CCCN(Cc3cccnc3)C2)n(C(C)C)n1. The fraction of sp³-hybridized carbons (Fsp3) is 0.526. The van der Waals surface area contributed by atoms with Crippen molar-refractivity contribution in [1.82, 2.24) is 25.0 Å². The fourth-order valence-electron chi connectivity index (χ4n) is 3.41. The molecule has 0 aliphatic carbocycles. The van der Waals surface area contributed by atoms with Crippen LogP contribution in [0.15, 0.2) is 30.6 Å². The maximum atomic E-state index is 12.4. The van der Waals surface area contributed by atoms with Crippen molar-refractivity contribution in [3.05, 3.63) is 41.9 Å². The van der Waals surface area contributed by atoms with Crippen LogP contribution >= 0.6 is 0 Å². The Morgan fingerprint density at radius 2 is 2.27 bits per heavy atom. The van der Waals surface area contributed by atoms with Crippen molar-refractivity contribution in [2.24, 2.45) is 0 Å². The van der Waals surface area contributed by atoms with Crippen molar-refractivity contribution in [2.45, 2.75) is 52.2 Å². The Balaban J connectivity index is 1.54. The summed E-state index contributed by atoms with van der Waals surface area (Å²) in [5.74, 6) is 0.734. The van der Waals surface area contributed by atoms with Gasteiger partial charge in [-0.1, -0.05) is 6.07 Å². The standard InChI is InChI=1S/C19H28N6O/c1-14(2)25-18(10-15(3)23-25)22-19(26)21-17-7-5-9-24(13-17)12-16-6-4-8-20-11-16/h4,6,8,10-11,14,17H,5,7,9,12-13H2,1-3H3,(H2,21,22,26)/t17-/m1/s1. The number of hydrogen-bond acceptors (Lipinski definition) is 4. The number of amides is 2. The van der Waals surface area contributed by atoms with Crippen molar-refractivity contribution in [1.29, 1.82) is 0 Å². The first-order valence-corrected chi connectivity index (χ1v) is 9.26. The van der Waals surface area contributed by atoms with Crippen molar-refractivity contribution in [3.63, 3.8) is 0 Å². The van der Waals surface area contributed by atoms with Crippen molar-refractivity contribution in [2.75, 3.05) is 18.4 Å². The van der Waals surface area contributed by atoms with E-state index in [1.807, 2.05) is 43.8 Å². The summed E-state index contributed by atoms with van der Waals surface area (Å²) >= 11 is 0. The van der Waals surface area contributed by atoms with Crippen LogP contribution in [0.3, 0.4) is 0 Å². The van der Waals surface area contributed by atoms with Gasteiger partial charge in [0.1, 0.15) is 5.82 Å². The van der Waals surface area contributed by atoms with Crippen LogP contribution in [0.1, 0.15) is 44.0 Å². The van der Waals surface area contributed by atoms with Gasteiger partial charge in [-0.05, 0) is 51.8 Å². The van der Waals surface area contributed by atoms with E-state index < -0.39 is 0 Å². The van der Waals surface area contributed by atoms with Crippen LogP contribution in [-0.4, -0.2) is 44.8 Å². The van der Waals surface area contributed by atoms with Gasteiger partial charge in [-0.2, -0.15) is 5.10 Å². The lowest BCUT2D eigenvalue weighted by molar-refractivity contribution is 0.183. The van der Waals surface area contributed by atoms with E-state index in [9.17, 15) is 4.79 Å². The predicted molar refractivity (Wildman–Crippen MR) is 102 cm³/mol. The molecule has 1 atom stereocenters. The molecule has 0 spiro atoms. The van der Waals surface area contributed by atoms with Crippen molar-refractivity contribution in [3.8, 4) is 0 Å². The van der Waals surface area contributed by atoms with E-state index in [-0.39, 0.29) is 18.1 Å². The number of urea groups is 1. The van der Waals surface area contributed by atoms with Gasteiger partial charge in [0.2, 0.25) is 0 Å². The lowest BCUT2D eigenvalue weighted by Crippen LogP contribution is -2.48. The van der Waals surface area contributed by atoms with Crippen LogP contribution < -0.4 is 10.6 Å². The van der Waals surface area contributed by atoms with Gasteiger partial charge < -0.3 is 5.32 Å². The minimum absolute atomic E-state index is 0.150. The second-order valence-corrected chi connectivity index (χ2v) is 7.24. The lowest BCUT2D eigenvalue weighted by Gasteiger charge is -2.33. The summed E-state index contributed by atoms with van der Waals surface area (Å²) in [7, 11) is 0. The van der Waals surface area contributed by atoms with Crippen molar-refractivity contribution >= 4 is 11.8 Å². The smallest absolute Gasteiger partial charge is 0.320 e. The van der Waals surface area contributed by atoms with Crippen LogP contribution in [0.4, 0.5) is 10.6 Å². The van der Waals surface area contributed by atoms with Crippen LogP contribution in [-0.2, 0) is 6.54 Å². The maximum Gasteiger partial charge on any atom is 0.320 e. The zero-order valence-corrected chi connectivity index (χ0v) is 15.8. The number of aryl methyl sites for hydroxylation is 1. The topological polar surface area (TPSA) is 75.1 Å². The normalized spacial score (nSPS) is 18.1. The third kappa shape index (κ3) is 4.82. The van der Waals surface area contributed by atoms with E-state index in [1.54, 1.807) is 6.20 Å². The Labute approximate surface area is 154 Å². The summed E-state index contributed by atoms with van der Waals surface area (Å²) in [6.45, 7) is 8.80. The van der Waals surface area contributed by atoms with E-state index in [0.29, 0.717) is 0 Å². The highest BCUT2D eigenvalue weighted by atomic mass is 16.2. The number of pyridine rings is 1. The molecule has 2 N–H and O–H groups in total. The highest BCUT2D eigenvalue weighted by molar-refractivity contribution is 5.88. The third-order valence-electron chi connectivity index (χ3n) is 4.56. The quantitative estimate of drug-likeness (QED) is 0.864. The average molecular weight is 356 g/mol. The number of aromatic nitrogens is 3. The Kier molecular flexibility index (Phi) is 5.88. The highest BCUT2D eigenvalue weighted by Crippen LogP contribution is 2.17. The third-order valence-corrected chi connectivity index (χ3v) is 4.56. The first-order chi connectivity index (χ1) is 12.5. The predicted octanol–water partition coefficient (Wildman–Crippen LogP) is 2.95. The second kappa shape index (κ2) is 8.31. The highest BCUT2D eigenvalue weighted by Gasteiger charge is 2.22. The van der Waals surface area contributed by atoms with Gasteiger partial charge in [-0.25, -0.2) is 9.48 Å². The fourth-order valence-corrected chi connectivity index (χ4v) is 3.41. The number of rotatable bonds is 5. The number of nitrogens with zero attached hydrogens (tertiary/aromatic N) is 4. The van der Waals surface area contributed by atoms with Crippen LogP contribution in [0.2, 0.25) is 0 Å². The number of nitrogens with one attached hydrogen (secondary N) is 2. The molecule has 2 aromatic rings. The van der Waals surface area contributed by atoms with E-state index in [1.165, 1.54) is 5.56 Å². The van der Waals surface area contributed by atoms with Gasteiger partial charge in [0.25, 0.3) is 0 Å². The molecule has 0 unspecified atom stereocenters. The molecule has 0 saturated carbocycles. The van der Waals surface area contributed by atoms with Gasteiger partial charge >= 0.3 is 6.03 Å². The summed E-state index contributed by atoms with van der Waals surface area (Å²) in [6, 6.07) is 6.13. The minimum atomic E-state index is -0.167. The van der Waals surface area contributed by atoms with E-state index in [4.69, 9.17) is 0 Å². The largest absolute Gasteiger partial charge is 0.334 e. The minimum Gasteiger partial charge on any atom is -0.334 e. The number of likely N-dealkylation sites (tertiary alicyclic amines) is 1. The Morgan fingerprint density at radius 1 is 1.42 bits per heavy atom. The average Bonchev–Trinajstić information content (AvgIpc) is 2.96. The molecule has 3 rings (SSSR count). The number of piperidine rings is 1. The lowest BCUT2D eigenvalue weighted by atomic mass is 10.1. The summed E-state index contributed by atoms with van der Waals surface area (Å²) in [4.78, 5) is 19.0. The van der Waals surface area contributed by atoms with Gasteiger partial charge in [0.05, 0.1) is 5.69 Å². The molecule has 0 bridgehead atoms. The molecule has 140 valence electrons.